The Morgan fingerprint density at radius 3 is 0.733 bits per heavy atom. The molecule has 2 aromatic rings. The summed E-state index contributed by atoms with van der Waals surface area (Å²) in [4.78, 5) is 56.5. The highest BCUT2D eigenvalue weighted by Crippen LogP contribution is 2.56. The van der Waals surface area contributed by atoms with Gasteiger partial charge in [-0.05, 0) is 190 Å². The molecule has 60 heavy (non-hydrogen) atoms. The van der Waals surface area contributed by atoms with Crippen molar-refractivity contribution in [2.45, 2.75) is 157 Å². The van der Waals surface area contributed by atoms with Crippen LogP contribution in [0.3, 0.4) is 0 Å². The molecule has 0 fully saturated rings. The van der Waals surface area contributed by atoms with Gasteiger partial charge in [0.1, 0.15) is 22.4 Å². The van der Waals surface area contributed by atoms with E-state index < -0.39 is 94.4 Å². The highest BCUT2D eigenvalue weighted by atomic mass is 16.6. The van der Waals surface area contributed by atoms with Gasteiger partial charge in [-0.1, -0.05) is 12.1 Å². The van der Waals surface area contributed by atoms with E-state index in [9.17, 15) is 39.6 Å². The number of ether oxygens (including phenoxy) is 4. The van der Waals surface area contributed by atoms with Crippen molar-refractivity contribution in [3.63, 3.8) is 0 Å². The summed E-state index contributed by atoms with van der Waals surface area (Å²) in [5.41, 5.74) is -1.22. The van der Waals surface area contributed by atoms with E-state index in [0.717, 1.165) is 44.5 Å². The summed E-state index contributed by atoms with van der Waals surface area (Å²) in [6.45, 7) is 19.3. The van der Waals surface area contributed by atoms with E-state index in [2.05, 4.69) is 0 Å². The quantitative estimate of drug-likeness (QED) is 0.196. The molecule has 0 amide bonds. The maximum atomic E-state index is 14.1. The Hall–Kier alpha value is -3.84. The topological polar surface area (TPSA) is 186 Å². The molecular weight excluding hydrogens is 769 g/mol. The Balaban J connectivity index is 1.66. The first-order valence-corrected chi connectivity index (χ1v) is 21.2. The summed E-state index contributed by atoms with van der Waals surface area (Å²) in [6, 6.07) is 3.94. The highest BCUT2D eigenvalue weighted by Gasteiger charge is 2.55. The van der Waals surface area contributed by atoms with E-state index in [1.165, 1.54) is 0 Å². The number of hydrogen-bond donors (Lipinski definition) is 4. The van der Waals surface area contributed by atoms with Gasteiger partial charge in [-0.3, -0.25) is 19.2 Å². The van der Waals surface area contributed by atoms with Crippen LogP contribution in [-0.4, -0.2) is 93.1 Å². The van der Waals surface area contributed by atoms with Gasteiger partial charge in [0.2, 0.25) is 0 Å². The van der Waals surface area contributed by atoms with Crippen LogP contribution in [0.15, 0.2) is 12.1 Å². The van der Waals surface area contributed by atoms with Gasteiger partial charge in [0.15, 0.2) is 0 Å². The minimum atomic E-state index is -1.34. The Morgan fingerprint density at radius 2 is 0.583 bits per heavy atom. The molecule has 4 aliphatic rings. The minimum Gasteiger partial charge on any atom is -0.459 e. The van der Waals surface area contributed by atoms with Crippen LogP contribution in [0, 0.1) is 21.7 Å². The van der Waals surface area contributed by atoms with E-state index in [1.54, 1.807) is 83.1 Å². The second-order valence-electron chi connectivity index (χ2n) is 22.2. The van der Waals surface area contributed by atoms with E-state index in [4.69, 9.17) is 18.9 Å². The molecule has 0 heterocycles. The lowest BCUT2D eigenvalue weighted by Crippen LogP contribution is -2.41. The van der Waals surface area contributed by atoms with E-state index >= 15 is 0 Å². The van der Waals surface area contributed by atoms with Gasteiger partial charge in [0.05, 0.1) is 48.1 Å². The smallest absolute Gasteiger partial charge is 0.315 e. The second-order valence-corrected chi connectivity index (χ2v) is 22.2. The maximum absolute atomic E-state index is 14.1. The molecule has 0 aliphatic heterocycles. The zero-order valence-corrected chi connectivity index (χ0v) is 37.7. The number of aliphatic hydroxyl groups excluding tert-OH is 4. The standard InChI is InChI=1S/C48H66O12/c1-41(2,3)57-37(53)45(23-49)15-27-13-28-16-46(24-50,38(54)58-42(4,5)6)20-32(28)35(31(27)19-45)36-33-21-47(25-51,39(55)59-43(7,8)9)17-29(33)14-30-18-48(26-52,22-34(30)36)40(56)60-44(10,11)12/h13-14,49-52H,15-26H2,1-12H3. The molecule has 330 valence electrons. The van der Waals surface area contributed by atoms with Crippen molar-refractivity contribution in [3.05, 3.63) is 56.6 Å². The first-order chi connectivity index (χ1) is 27.5. The van der Waals surface area contributed by atoms with Crippen LogP contribution >= 0.6 is 0 Å². The lowest BCUT2D eigenvalue weighted by atomic mass is 9.79. The van der Waals surface area contributed by atoms with Gasteiger partial charge in [0, 0.05) is 0 Å². The summed E-state index contributed by atoms with van der Waals surface area (Å²) in [7, 11) is 0. The van der Waals surface area contributed by atoms with Gasteiger partial charge < -0.3 is 39.4 Å². The van der Waals surface area contributed by atoms with Crippen LogP contribution in [0.5, 0.6) is 0 Å². The zero-order chi connectivity index (χ0) is 44.8. The van der Waals surface area contributed by atoms with Gasteiger partial charge in [0.25, 0.3) is 0 Å². The molecule has 6 rings (SSSR count). The first kappa shape index (κ1) is 45.7. The number of esters is 4. The molecule has 0 radical (unpaired) electrons. The van der Waals surface area contributed by atoms with Crippen molar-refractivity contribution in [1.82, 2.24) is 0 Å². The molecule has 4 aliphatic carbocycles. The van der Waals surface area contributed by atoms with Crippen molar-refractivity contribution in [3.8, 4) is 11.1 Å². The third-order valence-corrected chi connectivity index (χ3v) is 12.4. The molecule has 0 aromatic heterocycles. The van der Waals surface area contributed by atoms with Crippen LogP contribution in [0.2, 0.25) is 0 Å². The van der Waals surface area contributed by atoms with Crippen LogP contribution in [-0.2, 0) is 89.5 Å². The molecular formula is C48H66O12. The molecule has 12 nitrogen and oxygen atoms in total. The van der Waals surface area contributed by atoms with Crippen molar-refractivity contribution in [2.75, 3.05) is 26.4 Å². The maximum Gasteiger partial charge on any atom is 0.315 e. The fourth-order valence-electron chi connectivity index (χ4n) is 9.71. The molecule has 4 atom stereocenters. The molecule has 0 bridgehead atoms. The highest BCUT2D eigenvalue weighted by molar-refractivity contribution is 5.91. The Kier molecular flexibility index (Phi) is 11.4. The number of carbonyl (C=O) groups excluding carboxylic acids is 4. The van der Waals surface area contributed by atoms with Gasteiger partial charge in [-0.15, -0.1) is 0 Å². The molecule has 0 saturated heterocycles. The van der Waals surface area contributed by atoms with Crippen LogP contribution in [0.25, 0.3) is 11.1 Å². The van der Waals surface area contributed by atoms with Crippen molar-refractivity contribution in [2.24, 2.45) is 21.7 Å². The van der Waals surface area contributed by atoms with Crippen LogP contribution in [0.1, 0.15) is 128 Å². The average molecular weight is 835 g/mol. The molecule has 0 saturated carbocycles. The normalized spacial score (nSPS) is 25.9. The summed E-state index contributed by atoms with van der Waals surface area (Å²) in [5.74, 6) is -2.18. The van der Waals surface area contributed by atoms with E-state index in [0.29, 0.717) is 11.1 Å². The van der Waals surface area contributed by atoms with Gasteiger partial charge in [-0.2, -0.15) is 0 Å². The number of carbonyl (C=O) groups is 4. The predicted molar refractivity (Wildman–Crippen MR) is 223 cm³/mol. The Morgan fingerprint density at radius 1 is 0.400 bits per heavy atom. The fraction of sp³-hybridized carbons (Fsp3) is 0.667. The molecule has 4 N–H and O–H groups in total. The molecule has 2 aromatic carbocycles. The number of rotatable bonds is 9. The number of hydrogen-bond acceptors (Lipinski definition) is 12. The van der Waals surface area contributed by atoms with E-state index in [1.807, 2.05) is 12.1 Å². The molecule has 12 heteroatoms. The summed E-state index contributed by atoms with van der Waals surface area (Å²) >= 11 is 0. The first-order valence-electron chi connectivity index (χ1n) is 21.2. The number of benzene rings is 2. The Bertz CT molecular complexity index is 1820. The van der Waals surface area contributed by atoms with Gasteiger partial charge in [-0.25, -0.2) is 0 Å². The fourth-order valence-corrected chi connectivity index (χ4v) is 9.71. The Labute approximate surface area is 354 Å². The number of fused-ring (bicyclic) bond motifs is 4. The minimum absolute atomic E-state index is 0.0851. The van der Waals surface area contributed by atoms with E-state index in [-0.39, 0.29) is 51.4 Å². The average Bonchev–Trinajstić information content (AvgIpc) is 3.87. The summed E-state index contributed by atoms with van der Waals surface area (Å²) in [6.07, 6.45) is 0.899. The van der Waals surface area contributed by atoms with Crippen LogP contribution in [0.4, 0.5) is 0 Å². The lowest BCUT2D eigenvalue weighted by molar-refractivity contribution is -0.170. The van der Waals surface area contributed by atoms with Gasteiger partial charge >= 0.3 is 23.9 Å². The third-order valence-electron chi connectivity index (χ3n) is 12.4. The third kappa shape index (κ3) is 8.26. The van der Waals surface area contributed by atoms with Crippen molar-refractivity contribution >= 4 is 23.9 Å². The van der Waals surface area contributed by atoms with Crippen molar-refractivity contribution in [1.29, 1.82) is 0 Å². The number of aliphatic hydroxyl groups is 4. The van der Waals surface area contributed by atoms with Crippen LogP contribution < -0.4 is 0 Å². The molecule has 4 unspecified atom stereocenters. The monoisotopic (exact) mass is 834 g/mol. The van der Waals surface area contributed by atoms with Crippen molar-refractivity contribution < 1.29 is 58.6 Å². The largest absolute Gasteiger partial charge is 0.459 e. The summed E-state index contributed by atoms with van der Waals surface area (Å²) < 4.78 is 23.7. The zero-order valence-electron chi connectivity index (χ0n) is 37.7. The molecule has 0 spiro atoms. The SMILES string of the molecule is CC(C)(C)OC(=O)C1(CO)Cc2cc3c(c(-c4c5c(cc6c4CC(CO)(C(=O)OC(C)(C)C)C6)CC(CO)(C(=O)OC(C)(C)C)C5)c2C1)CC(CO)(C(=O)OC(C)(C)C)C3. The summed E-state index contributed by atoms with van der Waals surface area (Å²) in [5, 5.41) is 44.4. The lowest BCUT2D eigenvalue weighted by Gasteiger charge is -2.31. The predicted octanol–water partition coefficient (Wildman–Crippen LogP) is 5.03. The second kappa shape index (κ2) is 14.9.